The van der Waals surface area contributed by atoms with E-state index in [0.29, 0.717) is 18.1 Å². The van der Waals surface area contributed by atoms with E-state index < -0.39 is 10.8 Å². The molecule has 0 aromatic heterocycles. The molecule has 0 aliphatic heterocycles. The zero-order valence-corrected chi connectivity index (χ0v) is 7.99. The summed E-state index contributed by atoms with van der Waals surface area (Å²) < 4.78 is 11.1. The number of hydrogen-bond acceptors (Lipinski definition) is 2. The summed E-state index contributed by atoms with van der Waals surface area (Å²) in [6.45, 7) is 4.18. The Morgan fingerprint density at radius 3 is 2.73 bits per heavy atom. The number of nitriles is 1. The molecule has 0 saturated carbocycles. The lowest BCUT2D eigenvalue weighted by molar-refractivity contribution is 0.615. The molecule has 0 aliphatic carbocycles. The predicted molar refractivity (Wildman–Crippen MR) is 47.6 cm³/mol. The molecule has 64 valence electrons. The zero-order valence-electron chi connectivity index (χ0n) is 7.17. The van der Waals surface area contributed by atoms with Crippen LogP contribution in [0.2, 0.25) is 0 Å². The van der Waals surface area contributed by atoms with Gasteiger partial charge in [0.05, 0.1) is 6.07 Å². The van der Waals surface area contributed by atoms with Crippen LogP contribution in [0.1, 0.15) is 26.7 Å². The van der Waals surface area contributed by atoms with Crippen molar-refractivity contribution in [2.75, 3.05) is 11.5 Å². The Morgan fingerprint density at radius 2 is 2.27 bits per heavy atom. The van der Waals surface area contributed by atoms with E-state index in [0.717, 1.165) is 12.2 Å². The fraction of sp³-hybridized carbons (Fsp3) is 0.875. The molecule has 0 aromatic rings. The van der Waals surface area contributed by atoms with E-state index in [-0.39, 0.29) is 0 Å². The van der Waals surface area contributed by atoms with Gasteiger partial charge in [0.2, 0.25) is 0 Å². The first-order chi connectivity index (χ1) is 5.20. The van der Waals surface area contributed by atoms with E-state index in [9.17, 15) is 4.21 Å². The van der Waals surface area contributed by atoms with Crippen LogP contribution in [0.25, 0.3) is 0 Å². The van der Waals surface area contributed by atoms with Gasteiger partial charge in [0.25, 0.3) is 0 Å². The minimum Gasteiger partial charge on any atom is -0.260 e. The van der Waals surface area contributed by atoms with Crippen LogP contribution >= 0.6 is 0 Å². The first kappa shape index (κ1) is 10.6. The maximum absolute atomic E-state index is 11.1. The molecule has 0 heterocycles. The maximum Gasteiger partial charge on any atom is 0.0631 e. The second-order valence-corrected chi connectivity index (χ2v) is 4.35. The lowest BCUT2D eigenvalue weighted by Crippen LogP contribution is -2.09. The van der Waals surface area contributed by atoms with Gasteiger partial charge < -0.3 is 0 Å². The highest BCUT2D eigenvalue weighted by atomic mass is 32.2. The Morgan fingerprint density at radius 1 is 1.64 bits per heavy atom. The van der Waals surface area contributed by atoms with Crippen molar-refractivity contribution in [1.82, 2.24) is 0 Å². The molecule has 0 radical (unpaired) electrons. The second kappa shape index (κ2) is 6.36. The van der Waals surface area contributed by atoms with Gasteiger partial charge in [-0.2, -0.15) is 5.26 Å². The van der Waals surface area contributed by atoms with Crippen molar-refractivity contribution >= 4 is 10.8 Å². The van der Waals surface area contributed by atoms with Crippen LogP contribution in [0, 0.1) is 17.2 Å². The lowest BCUT2D eigenvalue weighted by atomic mass is 10.2. The summed E-state index contributed by atoms with van der Waals surface area (Å²) in [5.41, 5.74) is 0. The normalized spacial score (nSPS) is 15.4. The van der Waals surface area contributed by atoms with E-state index in [2.05, 4.69) is 13.8 Å². The van der Waals surface area contributed by atoms with E-state index >= 15 is 0 Å². The molecule has 0 spiro atoms. The van der Waals surface area contributed by atoms with Crippen LogP contribution < -0.4 is 0 Å². The molecule has 0 N–H and O–H groups in total. The molecule has 0 saturated heterocycles. The van der Waals surface area contributed by atoms with Crippen molar-refractivity contribution in [3.8, 4) is 6.07 Å². The molecule has 0 bridgehead atoms. The van der Waals surface area contributed by atoms with Gasteiger partial charge in [-0.3, -0.25) is 4.21 Å². The predicted octanol–water partition coefficient (Wildman–Crippen LogP) is 1.69. The molecule has 0 aromatic carbocycles. The van der Waals surface area contributed by atoms with Crippen molar-refractivity contribution in [2.45, 2.75) is 26.7 Å². The first-order valence-corrected chi connectivity index (χ1v) is 5.41. The molecular formula is C8H15NOS. The largest absolute Gasteiger partial charge is 0.260 e. The average molecular weight is 173 g/mol. The Bertz CT molecular complexity index is 162. The van der Waals surface area contributed by atoms with Crippen molar-refractivity contribution < 1.29 is 4.21 Å². The average Bonchev–Trinajstić information content (AvgIpc) is 2.00. The minimum absolute atomic E-state index is 0.420. The molecule has 0 amide bonds. The summed E-state index contributed by atoms with van der Waals surface area (Å²) >= 11 is 0. The van der Waals surface area contributed by atoms with Gasteiger partial charge in [0.15, 0.2) is 0 Å². The van der Waals surface area contributed by atoms with Crippen LogP contribution in [0.3, 0.4) is 0 Å². The van der Waals surface area contributed by atoms with Crippen LogP contribution in [-0.4, -0.2) is 15.7 Å². The fourth-order valence-corrected chi connectivity index (χ4v) is 2.03. The van der Waals surface area contributed by atoms with Crippen molar-refractivity contribution in [3.63, 3.8) is 0 Å². The molecule has 2 unspecified atom stereocenters. The topological polar surface area (TPSA) is 40.9 Å². The van der Waals surface area contributed by atoms with Gasteiger partial charge >= 0.3 is 0 Å². The first-order valence-electron chi connectivity index (χ1n) is 3.92. The summed E-state index contributed by atoms with van der Waals surface area (Å²) in [4.78, 5) is 0. The van der Waals surface area contributed by atoms with E-state index in [1.54, 1.807) is 0 Å². The highest BCUT2D eigenvalue weighted by Gasteiger charge is 2.04. The quantitative estimate of drug-likeness (QED) is 0.635. The Hall–Kier alpha value is -0.360. The molecule has 2 atom stereocenters. The summed E-state index contributed by atoms with van der Waals surface area (Å²) in [5, 5.41) is 8.22. The van der Waals surface area contributed by atoms with Gasteiger partial charge in [0, 0.05) is 28.7 Å². The second-order valence-electron chi connectivity index (χ2n) is 2.73. The molecule has 3 heteroatoms. The Labute approximate surface area is 71.1 Å². The molecule has 0 rings (SSSR count). The number of rotatable bonds is 5. The minimum atomic E-state index is -0.772. The van der Waals surface area contributed by atoms with E-state index in [4.69, 9.17) is 5.26 Å². The van der Waals surface area contributed by atoms with Crippen LogP contribution in [0.5, 0.6) is 0 Å². The van der Waals surface area contributed by atoms with Gasteiger partial charge in [-0.05, 0) is 5.92 Å². The lowest BCUT2D eigenvalue weighted by Gasteiger charge is -2.05. The summed E-state index contributed by atoms with van der Waals surface area (Å²) in [7, 11) is -0.772. The summed E-state index contributed by atoms with van der Waals surface area (Å²) in [5.74, 6) is 1.81. The third kappa shape index (κ3) is 6.05. The van der Waals surface area contributed by atoms with Gasteiger partial charge in [-0.1, -0.05) is 20.3 Å². The third-order valence-corrected chi connectivity index (χ3v) is 3.21. The Kier molecular flexibility index (Phi) is 6.15. The van der Waals surface area contributed by atoms with Gasteiger partial charge in [-0.15, -0.1) is 0 Å². The third-order valence-electron chi connectivity index (χ3n) is 1.61. The molecule has 2 nitrogen and oxygen atoms in total. The SMILES string of the molecule is CCC(C)CS(=O)CCC#N. The van der Waals surface area contributed by atoms with Crippen LogP contribution in [0.15, 0.2) is 0 Å². The monoisotopic (exact) mass is 173 g/mol. The highest BCUT2D eigenvalue weighted by Crippen LogP contribution is 2.03. The van der Waals surface area contributed by atoms with Crippen molar-refractivity contribution in [3.05, 3.63) is 0 Å². The standard InChI is InChI=1S/C8H15NOS/c1-3-8(2)7-11(10)6-4-5-9/h8H,3-4,6-7H2,1-2H3. The van der Waals surface area contributed by atoms with Crippen LogP contribution in [-0.2, 0) is 10.8 Å². The maximum atomic E-state index is 11.1. The highest BCUT2D eigenvalue weighted by molar-refractivity contribution is 7.84. The smallest absolute Gasteiger partial charge is 0.0631 e. The van der Waals surface area contributed by atoms with Crippen molar-refractivity contribution in [2.24, 2.45) is 5.92 Å². The zero-order chi connectivity index (χ0) is 8.69. The fourth-order valence-electron chi connectivity index (χ4n) is 0.678. The van der Waals surface area contributed by atoms with E-state index in [1.165, 1.54) is 0 Å². The molecule has 0 fully saturated rings. The van der Waals surface area contributed by atoms with Crippen molar-refractivity contribution in [1.29, 1.82) is 5.26 Å². The number of nitrogens with zero attached hydrogens (tertiary/aromatic N) is 1. The number of hydrogen-bond donors (Lipinski definition) is 0. The summed E-state index contributed by atoms with van der Waals surface area (Å²) in [6, 6.07) is 2.00. The van der Waals surface area contributed by atoms with Gasteiger partial charge in [0.1, 0.15) is 0 Å². The molecule has 11 heavy (non-hydrogen) atoms. The Balaban J connectivity index is 3.45. The van der Waals surface area contributed by atoms with Gasteiger partial charge in [-0.25, -0.2) is 0 Å². The molecular weight excluding hydrogens is 158 g/mol. The summed E-state index contributed by atoms with van der Waals surface area (Å²) in [6.07, 6.45) is 1.49. The van der Waals surface area contributed by atoms with E-state index in [1.807, 2.05) is 6.07 Å². The van der Waals surface area contributed by atoms with Crippen LogP contribution in [0.4, 0.5) is 0 Å². The molecule has 0 aliphatic rings.